The molecule has 2 aromatic carbocycles. The lowest BCUT2D eigenvalue weighted by atomic mass is 10.1. The van der Waals surface area contributed by atoms with Crippen LogP contribution in [0.5, 0.6) is 0 Å². The number of nitro benzene ring substituents is 1. The third-order valence-electron chi connectivity index (χ3n) is 3.71. The summed E-state index contributed by atoms with van der Waals surface area (Å²) in [7, 11) is -3.95. The van der Waals surface area contributed by atoms with Gasteiger partial charge < -0.3 is 0 Å². The number of sulfonamides is 1. The summed E-state index contributed by atoms with van der Waals surface area (Å²) >= 11 is 0. The zero-order chi connectivity index (χ0) is 17.3. The van der Waals surface area contributed by atoms with Gasteiger partial charge in [-0.25, -0.2) is 8.42 Å². The number of carbonyl (C=O) groups is 1. The number of nitro groups is 1. The van der Waals surface area contributed by atoms with Crippen molar-refractivity contribution in [2.45, 2.75) is 17.7 Å². The van der Waals surface area contributed by atoms with E-state index in [2.05, 4.69) is 4.72 Å². The zero-order valence-corrected chi connectivity index (χ0v) is 13.3. The van der Waals surface area contributed by atoms with E-state index >= 15 is 0 Å². The molecule has 0 radical (unpaired) electrons. The monoisotopic (exact) mass is 346 g/mol. The van der Waals surface area contributed by atoms with Gasteiger partial charge in [-0.15, -0.1) is 0 Å². The molecule has 1 N–H and O–H groups in total. The van der Waals surface area contributed by atoms with Crippen molar-refractivity contribution in [1.29, 1.82) is 0 Å². The average molecular weight is 346 g/mol. The first-order valence-electron chi connectivity index (χ1n) is 7.28. The van der Waals surface area contributed by atoms with E-state index in [1.165, 1.54) is 30.3 Å². The fourth-order valence-corrected chi connectivity index (χ4v) is 3.36. The van der Waals surface area contributed by atoms with Gasteiger partial charge in [-0.3, -0.25) is 19.6 Å². The van der Waals surface area contributed by atoms with Crippen LogP contribution in [-0.4, -0.2) is 19.1 Å². The van der Waals surface area contributed by atoms with Crippen LogP contribution in [0.3, 0.4) is 0 Å². The molecule has 2 aromatic rings. The van der Waals surface area contributed by atoms with Crippen molar-refractivity contribution in [3.05, 3.63) is 64.2 Å². The summed E-state index contributed by atoms with van der Waals surface area (Å²) in [6, 6.07) is 11.0. The highest BCUT2D eigenvalue weighted by molar-refractivity contribution is 7.92. The molecule has 1 aliphatic rings. The van der Waals surface area contributed by atoms with Gasteiger partial charge in [-0.1, -0.05) is 6.07 Å². The van der Waals surface area contributed by atoms with E-state index in [1.54, 1.807) is 12.1 Å². The molecule has 0 amide bonds. The molecule has 1 aliphatic carbocycles. The number of nitrogens with one attached hydrogen (secondary N) is 1. The number of benzene rings is 2. The predicted octanol–water partition coefficient (Wildman–Crippen LogP) is 2.99. The van der Waals surface area contributed by atoms with Gasteiger partial charge in [0.1, 0.15) is 0 Å². The second-order valence-electron chi connectivity index (χ2n) is 5.58. The maximum atomic E-state index is 12.3. The normalized spacial score (nSPS) is 14.2. The number of rotatable bonds is 6. The molecule has 1 fully saturated rings. The standard InChI is InChI=1S/C16H14N2O5S/c19-16(11-4-5-11)12-6-8-13(9-7-12)17-24(22,23)15-3-1-2-14(10-15)18(20)21/h1-3,6-11,17H,4-5H2. The van der Waals surface area contributed by atoms with Gasteiger partial charge >= 0.3 is 0 Å². The second kappa shape index (κ2) is 6.04. The summed E-state index contributed by atoms with van der Waals surface area (Å²) in [5.74, 6) is 0.167. The highest BCUT2D eigenvalue weighted by Gasteiger charge is 2.30. The molecule has 0 aliphatic heterocycles. The number of hydrogen-bond donors (Lipinski definition) is 1. The molecular weight excluding hydrogens is 332 g/mol. The number of ketones is 1. The number of carbonyl (C=O) groups excluding carboxylic acids is 1. The Bertz CT molecular complexity index is 902. The Balaban J connectivity index is 1.80. The lowest BCUT2D eigenvalue weighted by Crippen LogP contribution is -2.13. The number of nitrogens with zero attached hydrogens (tertiary/aromatic N) is 1. The summed E-state index contributed by atoms with van der Waals surface area (Å²) in [6.07, 6.45) is 1.81. The van der Waals surface area contributed by atoms with Crippen LogP contribution in [0.2, 0.25) is 0 Å². The third kappa shape index (κ3) is 3.43. The number of non-ortho nitro benzene ring substituents is 1. The molecule has 0 atom stereocenters. The van der Waals surface area contributed by atoms with E-state index in [9.17, 15) is 23.3 Å². The van der Waals surface area contributed by atoms with Crippen LogP contribution < -0.4 is 4.72 Å². The van der Waals surface area contributed by atoms with Crippen molar-refractivity contribution in [2.24, 2.45) is 5.92 Å². The number of Topliss-reactive ketones (excluding diaryl/α,β-unsaturated/α-hetero) is 1. The van der Waals surface area contributed by atoms with Gasteiger partial charge in [0.25, 0.3) is 15.7 Å². The van der Waals surface area contributed by atoms with Gasteiger partial charge in [-0.2, -0.15) is 0 Å². The molecule has 8 heteroatoms. The maximum absolute atomic E-state index is 12.3. The van der Waals surface area contributed by atoms with Gasteiger partial charge in [-0.05, 0) is 43.2 Å². The quantitative estimate of drug-likeness (QED) is 0.491. The third-order valence-corrected chi connectivity index (χ3v) is 5.09. The second-order valence-corrected chi connectivity index (χ2v) is 7.26. The Morgan fingerprint density at radius 3 is 2.38 bits per heavy atom. The summed E-state index contributed by atoms with van der Waals surface area (Å²) in [4.78, 5) is 21.8. The van der Waals surface area contributed by atoms with E-state index in [-0.39, 0.29) is 28.0 Å². The van der Waals surface area contributed by atoms with Crippen molar-refractivity contribution < 1.29 is 18.1 Å². The van der Waals surface area contributed by atoms with E-state index in [0.717, 1.165) is 18.9 Å². The van der Waals surface area contributed by atoms with Crippen molar-refractivity contribution >= 4 is 27.2 Å². The predicted molar refractivity (Wildman–Crippen MR) is 87.4 cm³/mol. The molecule has 0 bridgehead atoms. The number of anilines is 1. The molecule has 0 unspecified atom stereocenters. The van der Waals surface area contributed by atoms with Gasteiger partial charge in [0.2, 0.25) is 0 Å². The maximum Gasteiger partial charge on any atom is 0.270 e. The molecule has 0 spiro atoms. The number of hydrogen-bond acceptors (Lipinski definition) is 5. The average Bonchev–Trinajstić information content (AvgIpc) is 3.39. The molecule has 3 rings (SSSR count). The van der Waals surface area contributed by atoms with Crippen molar-refractivity contribution in [3.63, 3.8) is 0 Å². The molecular formula is C16H14N2O5S. The minimum Gasteiger partial charge on any atom is -0.294 e. The SMILES string of the molecule is O=C(c1ccc(NS(=O)(=O)c2cccc([N+](=O)[O-])c2)cc1)C1CC1. The Kier molecular flexibility index (Phi) is 4.06. The molecule has 0 aromatic heterocycles. The summed E-state index contributed by atoms with van der Waals surface area (Å²) in [5, 5.41) is 10.8. The van der Waals surface area contributed by atoms with Crippen LogP contribution in [0.1, 0.15) is 23.2 Å². The minimum absolute atomic E-state index is 0.0723. The molecule has 0 saturated heterocycles. The van der Waals surface area contributed by atoms with Crippen molar-refractivity contribution in [1.82, 2.24) is 0 Å². The fourth-order valence-electron chi connectivity index (χ4n) is 2.26. The minimum atomic E-state index is -3.95. The van der Waals surface area contributed by atoms with Gasteiger partial charge in [0, 0.05) is 29.3 Å². The fraction of sp³-hybridized carbons (Fsp3) is 0.188. The van der Waals surface area contributed by atoms with Crippen molar-refractivity contribution in [3.8, 4) is 0 Å². The Hall–Kier alpha value is -2.74. The van der Waals surface area contributed by atoms with Crippen LogP contribution in [0.4, 0.5) is 11.4 Å². The van der Waals surface area contributed by atoms with E-state index < -0.39 is 14.9 Å². The molecule has 7 nitrogen and oxygen atoms in total. The summed E-state index contributed by atoms with van der Waals surface area (Å²) < 4.78 is 27.0. The van der Waals surface area contributed by atoms with Crippen LogP contribution in [0, 0.1) is 16.0 Å². The van der Waals surface area contributed by atoms with E-state index in [1.807, 2.05) is 0 Å². The smallest absolute Gasteiger partial charge is 0.270 e. The van der Waals surface area contributed by atoms with Crippen LogP contribution in [0.25, 0.3) is 0 Å². The Morgan fingerprint density at radius 1 is 1.12 bits per heavy atom. The van der Waals surface area contributed by atoms with Gasteiger partial charge in [0.05, 0.1) is 9.82 Å². The molecule has 1 saturated carbocycles. The first kappa shape index (κ1) is 16.1. The summed E-state index contributed by atoms with van der Waals surface area (Å²) in [5.41, 5.74) is 0.535. The van der Waals surface area contributed by atoms with Crippen LogP contribution in [-0.2, 0) is 10.0 Å². The summed E-state index contributed by atoms with van der Waals surface area (Å²) in [6.45, 7) is 0. The van der Waals surface area contributed by atoms with Gasteiger partial charge in [0.15, 0.2) is 5.78 Å². The largest absolute Gasteiger partial charge is 0.294 e. The van der Waals surface area contributed by atoms with Crippen molar-refractivity contribution in [2.75, 3.05) is 4.72 Å². The highest BCUT2D eigenvalue weighted by Crippen LogP contribution is 2.32. The molecule has 24 heavy (non-hydrogen) atoms. The zero-order valence-electron chi connectivity index (χ0n) is 12.5. The Morgan fingerprint density at radius 2 is 1.79 bits per heavy atom. The van der Waals surface area contributed by atoms with E-state index in [4.69, 9.17) is 0 Å². The Labute approximate surface area is 138 Å². The van der Waals surface area contributed by atoms with Crippen LogP contribution >= 0.6 is 0 Å². The lowest BCUT2D eigenvalue weighted by Gasteiger charge is -2.08. The topological polar surface area (TPSA) is 106 Å². The lowest BCUT2D eigenvalue weighted by molar-refractivity contribution is -0.385. The molecule has 124 valence electrons. The van der Waals surface area contributed by atoms with Crippen LogP contribution in [0.15, 0.2) is 53.4 Å². The first-order valence-corrected chi connectivity index (χ1v) is 8.77. The molecule has 0 heterocycles. The van der Waals surface area contributed by atoms with E-state index in [0.29, 0.717) is 5.56 Å². The highest BCUT2D eigenvalue weighted by atomic mass is 32.2. The first-order chi connectivity index (χ1) is 11.4.